The number of thioether (sulfide) groups is 1. The van der Waals surface area contributed by atoms with Gasteiger partial charge in [-0.15, -0.1) is 11.8 Å². The van der Waals surface area contributed by atoms with Crippen LogP contribution in [0.15, 0.2) is 34.3 Å². The summed E-state index contributed by atoms with van der Waals surface area (Å²) in [5, 5.41) is 13.7. The van der Waals surface area contributed by atoms with Crippen molar-refractivity contribution in [3.63, 3.8) is 0 Å². The third kappa shape index (κ3) is 4.70. The van der Waals surface area contributed by atoms with Crippen molar-refractivity contribution in [3.05, 3.63) is 29.8 Å². The topological polar surface area (TPSA) is 54.3 Å². The van der Waals surface area contributed by atoms with Gasteiger partial charge in [0.2, 0.25) is 6.29 Å². The smallest absolute Gasteiger partial charge is 0.221 e. The molecule has 2 rings (SSSR count). The fourth-order valence-corrected chi connectivity index (χ4v) is 3.08. The van der Waals surface area contributed by atoms with E-state index in [1.54, 1.807) is 18.7 Å². The first-order valence-corrected chi connectivity index (χ1v) is 9.07. The van der Waals surface area contributed by atoms with E-state index in [1.165, 1.54) is 4.90 Å². The monoisotopic (exact) mass is 338 g/mol. The molecule has 1 saturated heterocycles. The molecule has 128 valence electrons. The van der Waals surface area contributed by atoms with Gasteiger partial charge in [-0.1, -0.05) is 17.3 Å². The van der Waals surface area contributed by atoms with Crippen LogP contribution >= 0.6 is 11.8 Å². The molecule has 1 N–H and O–H groups in total. The normalized spacial score (nSPS) is 18.7. The van der Waals surface area contributed by atoms with Crippen LogP contribution in [0.2, 0.25) is 0 Å². The minimum Gasteiger partial charge on any atom is -0.379 e. The number of oxime groups is 1. The summed E-state index contributed by atoms with van der Waals surface area (Å²) >= 11 is 1.70. The number of rotatable bonds is 6. The van der Waals surface area contributed by atoms with Crippen LogP contribution in [0, 0.1) is 0 Å². The van der Waals surface area contributed by atoms with E-state index in [0.717, 1.165) is 37.6 Å². The third-order valence-electron chi connectivity index (χ3n) is 4.04. The summed E-state index contributed by atoms with van der Waals surface area (Å²) in [6.07, 6.45) is 1.12. The molecule has 0 amide bonds. The maximum Gasteiger partial charge on any atom is 0.221 e. The second-order valence-corrected chi connectivity index (χ2v) is 6.91. The minimum atomic E-state index is -0.934. The lowest BCUT2D eigenvalue weighted by Gasteiger charge is -2.41. The van der Waals surface area contributed by atoms with Crippen molar-refractivity contribution in [2.45, 2.75) is 37.5 Å². The van der Waals surface area contributed by atoms with Gasteiger partial charge in [0.05, 0.1) is 18.8 Å². The largest absolute Gasteiger partial charge is 0.379 e. The number of aliphatic hydroxyl groups excluding tert-OH is 1. The first-order valence-electron chi connectivity index (χ1n) is 7.84. The molecule has 0 radical (unpaired) electrons. The number of nitrogens with zero attached hydrogens (tertiary/aromatic N) is 2. The summed E-state index contributed by atoms with van der Waals surface area (Å²) < 4.78 is 5.45. The first kappa shape index (κ1) is 18.3. The Kier molecular flexibility index (Phi) is 6.47. The second-order valence-electron chi connectivity index (χ2n) is 6.03. The Labute approximate surface area is 142 Å². The van der Waals surface area contributed by atoms with Gasteiger partial charge >= 0.3 is 0 Å². The van der Waals surface area contributed by atoms with Crippen molar-refractivity contribution in [1.29, 1.82) is 0 Å². The van der Waals surface area contributed by atoms with E-state index in [0.29, 0.717) is 0 Å². The van der Waals surface area contributed by atoms with E-state index in [4.69, 9.17) is 9.57 Å². The van der Waals surface area contributed by atoms with Crippen molar-refractivity contribution in [2.75, 3.05) is 32.6 Å². The molecule has 1 aromatic rings. The number of benzene rings is 1. The molecule has 0 aromatic heterocycles. The number of aliphatic hydroxyl groups is 1. The molecule has 1 fully saturated rings. The van der Waals surface area contributed by atoms with Gasteiger partial charge < -0.3 is 14.7 Å². The fraction of sp³-hybridized carbons (Fsp3) is 0.588. The Morgan fingerprint density at radius 2 is 1.91 bits per heavy atom. The molecule has 0 saturated carbocycles. The maximum atomic E-state index is 9.44. The molecule has 0 spiro atoms. The van der Waals surface area contributed by atoms with Gasteiger partial charge in [0.25, 0.3) is 0 Å². The second kappa shape index (κ2) is 8.15. The first-order chi connectivity index (χ1) is 10.9. The molecule has 0 aliphatic carbocycles. The number of hydrogen-bond donors (Lipinski definition) is 1. The van der Waals surface area contributed by atoms with Crippen LogP contribution in [0.25, 0.3) is 0 Å². The van der Waals surface area contributed by atoms with Crippen LogP contribution in [0.4, 0.5) is 0 Å². The average Bonchev–Trinajstić information content (AvgIpc) is 2.56. The molecule has 1 unspecified atom stereocenters. The minimum absolute atomic E-state index is 0.320. The van der Waals surface area contributed by atoms with Crippen LogP contribution in [-0.4, -0.2) is 60.1 Å². The van der Waals surface area contributed by atoms with Gasteiger partial charge in [-0.2, -0.15) is 0 Å². The van der Waals surface area contributed by atoms with Crippen LogP contribution in [0.5, 0.6) is 0 Å². The number of hydrogen-bond acceptors (Lipinski definition) is 6. The molecule has 5 nitrogen and oxygen atoms in total. The highest BCUT2D eigenvalue weighted by Crippen LogP contribution is 2.25. The van der Waals surface area contributed by atoms with Gasteiger partial charge in [0.1, 0.15) is 5.71 Å². The summed E-state index contributed by atoms with van der Waals surface area (Å²) in [5.74, 6) is 0. The van der Waals surface area contributed by atoms with Crippen LogP contribution in [0.3, 0.4) is 0 Å². The summed E-state index contributed by atoms with van der Waals surface area (Å²) in [6, 6.07) is 8.26. The Morgan fingerprint density at radius 3 is 2.43 bits per heavy atom. The molecule has 1 heterocycles. The van der Waals surface area contributed by atoms with Crippen molar-refractivity contribution < 1.29 is 14.7 Å². The molecular weight excluding hydrogens is 312 g/mol. The highest BCUT2D eigenvalue weighted by Gasteiger charge is 2.35. The third-order valence-corrected chi connectivity index (χ3v) is 4.78. The van der Waals surface area contributed by atoms with E-state index >= 15 is 0 Å². The van der Waals surface area contributed by atoms with E-state index in [9.17, 15) is 5.11 Å². The molecule has 6 heteroatoms. The Bertz CT molecular complexity index is 523. The Hall–Kier alpha value is -1.08. The highest BCUT2D eigenvalue weighted by molar-refractivity contribution is 7.98. The van der Waals surface area contributed by atoms with Gasteiger partial charge in [-0.3, -0.25) is 4.90 Å². The fourth-order valence-electron chi connectivity index (χ4n) is 2.67. The van der Waals surface area contributed by atoms with Crippen molar-refractivity contribution in [1.82, 2.24) is 4.90 Å². The standard InChI is InChI=1S/C17H26N2O3S/c1-13(20)22-18-16(14-5-7-15(23-4)8-6-14)17(2,3)19-9-11-21-12-10-19/h5-8,13,20H,9-12H2,1-4H3. The summed E-state index contributed by atoms with van der Waals surface area (Å²) in [5.41, 5.74) is 1.49. The summed E-state index contributed by atoms with van der Waals surface area (Å²) in [6.45, 7) is 8.96. The molecule has 1 aliphatic heterocycles. The molecule has 1 aliphatic rings. The molecular formula is C17H26N2O3S. The van der Waals surface area contributed by atoms with Gasteiger partial charge in [-0.25, -0.2) is 0 Å². The van der Waals surface area contributed by atoms with Crippen molar-refractivity contribution in [2.24, 2.45) is 5.16 Å². The Balaban J connectivity index is 2.33. The SMILES string of the molecule is CSc1ccc(C(=NOC(C)O)C(C)(C)N2CCOCC2)cc1. The van der Waals surface area contributed by atoms with Crippen LogP contribution in [0.1, 0.15) is 26.3 Å². The molecule has 23 heavy (non-hydrogen) atoms. The van der Waals surface area contributed by atoms with E-state index < -0.39 is 6.29 Å². The van der Waals surface area contributed by atoms with E-state index in [2.05, 4.69) is 54.4 Å². The van der Waals surface area contributed by atoms with E-state index in [-0.39, 0.29) is 5.54 Å². The van der Waals surface area contributed by atoms with Crippen LogP contribution in [-0.2, 0) is 9.57 Å². The predicted octanol–water partition coefficient (Wildman–Crippen LogP) is 2.58. The Morgan fingerprint density at radius 1 is 1.30 bits per heavy atom. The number of morpholine rings is 1. The van der Waals surface area contributed by atoms with E-state index in [1.807, 2.05) is 0 Å². The zero-order valence-corrected chi connectivity index (χ0v) is 15.1. The maximum absolute atomic E-state index is 9.44. The van der Waals surface area contributed by atoms with Crippen molar-refractivity contribution in [3.8, 4) is 0 Å². The lowest BCUT2D eigenvalue weighted by molar-refractivity contribution is -0.0851. The lowest BCUT2D eigenvalue weighted by atomic mass is 9.90. The average molecular weight is 338 g/mol. The summed E-state index contributed by atoms with van der Waals surface area (Å²) in [4.78, 5) is 8.71. The molecule has 1 atom stereocenters. The molecule has 0 bridgehead atoms. The van der Waals surface area contributed by atoms with Crippen molar-refractivity contribution >= 4 is 17.5 Å². The predicted molar refractivity (Wildman–Crippen MR) is 94.0 cm³/mol. The lowest BCUT2D eigenvalue weighted by Crippen LogP contribution is -2.54. The van der Waals surface area contributed by atoms with Gasteiger partial charge in [-0.05, 0) is 32.2 Å². The molecule has 1 aromatic carbocycles. The van der Waals surface area contributed by atoms with Gasteiger partial charge in [0.15, 0.2) is 0 Å². The number of ether oxygens (including phenoxy) is 1. The zero-order chi connectivity index (χ0) is 16.9. The van der Waals surface area contributed by atoms with Crippen LogP contribution < -0.4 is 0 Å². The zero-order valence-electron chi connectivity index (χ0n) is 14.3. The summed E-state index contributed by atoms with van der Waals surface area (Å²) in [7, 11) is 0. The van der Waals surface area contributed by atoms with Gasteiger partial charge in [0, 0.05) is 30.5 Å². The highest BCUT2D eigenvalue weighted by atomic mass is 32.2. The quantitative estimate of drug-likeness (QED) is 0.374.